The molecule has 0 saturated carbocycles. The second-order valence-corrected chi connectivity index (χ2v) is 5.68. The lowest BCUT2D eigenvalue weighted by Crippen LogP contribution is -2.37. The number of hydrogen-bond donors (Lipinski definition) is 1. The fraction of sp³-hybridized carbons (Fsp3) is 0.571. The second kappa shape index (κ2) is 6.64. The molecule has 2 rings (SSSR count). The minimum Gasteiger partial charge on any atom is -0.315 e. The number of hydrogen-bond acceptors (Lipinski definition) is 2. The van der Waals surface area contributed by atoms with Crippen molar-refractivity contribution in [3.05, 3.63) is 34.1 Å². The Bertz CT molecular complexity index is 397. The molecule has 0 radical (unpaired) electrons. The zero-order valence-corrected chi connectivity index (χ0v) is 12.3. The molecule has 1 aliphatic heterocycles. The van der Waals surface area contributed by atoms with Gasteiger partial charge in [0.05, 0.1) is 4.47 Å². The van der Waals surface area contributed by atoms with Gasteiger partial charge >= 0.3 is 0 Å². The Hall–Kier alpha value is -0.450. The third kappa shape index (κ3) is 3.53. The van der Waals surface area contributed by atoms with Crippen LogP contribution in [-0.4, -0.2) is 30.6 Å². The highest BCUT2D eigenvalue weighted by Gasteiger charge is 2.23. The number of likely N-dealkylation sites (tertiary alicyclic amines) is 1. The summed E-state index contributed by atoms with van der Waals surface area (Å²) in [6.07, 6.45) is 2.52. The molecule has 1 atom stereocenters. The van der Waals surface area contributed by atoms with E-state index in [-0.39, 0.29) is 5.82 Å². The predicted octanol–water partition coefficient (Wildman–Crippen LogP) is 3.16. The van der Waals surface area contributed by atoms with Crippen LogP contribution in [0.5, 0.6) is 0 Å². The molecule has 1 N–H and O–H groups in total. The largest absolute Gasteiger partial charge is 0.315 e. The van der Waals surface area contributed by atoms with Crippen molar-refractivity contribution >= 4 is 15.9 Å². The Morgan fingerprint density at radius 2 is 2.33 bits per heavy atom. The third-order valence-electron chi connectivity index (χ3n) is 3.50. The van der Waals surface area contributed by atoms with E-state index >= 15 is 0 Å². The molecule has 1 heterocycles. The van der Waals surface area contributed by atoms with Crippen molar-refractivity contribution in [2.45, 2.75) is 32.4 Å². The fourth-order valence-corrected chi connectivity index (χ4v) is 2.94. The summed E-state index contributed by atoms with van der Waals surface area (Å²) in [7, 11) is 0. The van der Waals surface area contributed by atoms with E-state index in [0.717, 1.165) is 26.2 Å². The van der Waals surface area contributed by atoms with Crippen LogP contribution in [0.15, 0.2) is 22.7 Å². The Morgan fingerprint density at radius 1 is 1.50 bits per heavy atom. The van der Waals surface area contributed by atoms with Crippen molar-refractivity contribution in [2.75, 3.05) is 19.6 Å². The first-order valence-corrected chi connectivity index (χ1v) is 7.38. The monoisotopic (exact) mass is 314 g/mol. The Labute approximate surface area is 117 Å². The summed E-state index contributed by atoms with van der Waals surface area (Å²) in [4.78, 5) is 2.49. The summed E-state index contributed by atoms with van der Waals surface area (Å²) >= 11 is 3.25. The van der Waals surface area contributed by atoms with Crippen LogP contribution in [0.25, 0.3) is 0 Å². The lowest BCUT2D eigenvalue weighted by atomic mass is 10.2. The first-order valence-electron chi connectivity index (χ1n) is 6.59. The Kier molecular flexibility index (Phi) is 5.15. The van der Waals surface area contributed by atoms with Gasteiger partial charge in [-0.3, -0.25) is 4.90 Å². The van der Waals surface area contributed by atoms with Crippen molar-refractivity contribution in [3.8, 4) is 0 Å². The van der Waals surface area contributed by atoms with Gasteiger partial charge in [0, 0.05) is 19.1 Å². The van der Waals surface area contributed by atoms with Crippen molar-refractivity contribution in [1.82, 2.24) is 10.2 Å². The molecule has 1 aliphatic rings. The number of rotatable bonds is 5. The first-order chi connectivity index (χ1) is 8.70. The smallest absolute Gasteiger partial charge is 0.137 e. The number of halogens is 2. The molecule has 1 saturated heterocycles. The lowest BCUT2D eigenvalue weighted by molar-refractivity contribution is 0.240. The summed E-state index contributed by atoms with van der Waals surface area (Å²) in [6, 6.07) is 5.92. The van der Waals surface area contributed by atoms with Crippen LogP contribution >= 0.6 is 15.9 Å². The molecule has 0 aromatic heterocycles. The molecular formula is C14H20BrFN2. The summed E-state index contributed by atoms with van der Waals surface area (Å²) in [5, 5.41) is 3.42. The molecule has 0 bridgehead atoms. The van der Waals surface area contributed by atoms with E-state index in [9.17, 15) is 4.39 Å². The summed E-state index contributed by atoms with van der Waals surface area (Å²) in [5.41, 5.74) is 1.17. The molecular weight excluding hydrogens is 295 g/mol. The highest BCUT2D eigenvalue weighted by molar-refractivity contribution is 9.10. The van der Waals surface area contributed by atoms with Gasteiger partial charge in [0.15, 0.2) is 0 Å². The van der Waals surface area contributed by atoms with Crippen LogP contribution in [-0.2, 0) is 6.54 Å². The van der Waals surface area contributed by atoms with Gasteiger partial charge in [-0.2, -0.15) is 0 Å². The van der Waals surface area contributed by atoms with Gasteiger partial charge in [-0.25, -0.2) is 4.39 Å². The topological polar surface area (TPSA) is 15.3 Å². The molecule has 0 aliphatic carbocycles. The molecule has 0 amide bonds. The van der Waals surface area contributed by atoms with Gasteiger partial charge in [0.1, 0.15) is 5.82 Å². The van der Waals surface area contributed by atoms with E-state index in [1.54, 1.807) is 0 Å². The molecule has 1 fully saturated rings. The van der Waals surface area contributed by atoms with Gasteiger partial charge in [0.2, 0.25) is 0 Å². The zero-order chi connectivity index (χ0) is 13.0. The highest BCUT2D eigenvalue weighted by atomic mass is 79.9. The third-order valence-corrected chi connectivity index (χ3v) is 4.11. The fourth-order valence-electron chi connectivity index (χ4n) is 2.52. The Morgan fingerprint density at radius 3 is 3.06 bits per heavy atom. The number of nitrogens with one attached hydrogen (secondary N) is 1. The van der Waals surface area contributed by atoms with Crippen molar-refractivity contribution in [2.24, 2.45) is 0 Å². The van der Waals surface area contributed by atoms with Crippen molar-refractivity contribution in [3.63, 3.8) is 0 Å². The number of likely N-dealkylation sites (N-methyl/N-ethyl adjacent to an activating group) is 1. The van der Waals surface area contributed by atoms with E-state index in [0.29, 0.717) is 10.5 Å². The SMILES string of the molecule is CCNCC1CCCN1Cc1ccc(F)c(Br)c1. The molecule has 2 nitrogen and oxygen atoms in total. The van der Waals surface area contributed by atoms with Crippen LogP contribution in [0, 0.1) is 5.82 Å². The molecule has 1 unspecified atom stereocenters. The summed E-state index contributed by atoms with van der Waals surface area (Å²) in [6.45, 7) is 6.27. The van der Waals surface area contributed by atoms with Crippen LogP contribution in [0.4, 0.5) is 4.39 Å². The zero-order valence-electron chi connectivity index (χ0n) is 10.8. The van der Waals surface area contributed by atoms with Crippen LogP contribution in [0.2, 0.25) is 0 Å². The standard InChI is InChI=1S/C14H20BrFN2/c1-2-17-9-12-4-3-7-18(12)10-11-5-6-14(16)13(15)8-11/h5-6,8,12,17H,2-4,7,9-10H2,1H3. The van der Waals surface area contributed by atoms with E-state index in [2.05, 4.69) is 33.1 Å². The van der Waals surface area contributed by atoms with Gasteiger partial charge < -0.3 is 5.32 Å². The van der Waals surface area contributed by atoms with Crippen LogP contribution in [0.1, 0.15) is 25.3 Å². The number of benzene rings is 1. The van der Waals surface area contributed by atoms with Crippen LogP contribution in [0.3, 0.4) is 0 Å². The quantitative estimate of drug-likeness (QED) is 0.898. The number of nitrogens with zero attached hydrogens (tertiary/aromatic N) is 1. The van der Waals surface area contributed by atoms with Gasteiger partial charge in [-0.15, -0.1) is 0 Å². The maximum Gasteiger partial charge on any atom is 0.137 e. The van der Waals surface area contributed by atoms with E-state index < -0.39 is 0 Å². The molecule has 1 aromatic carbocycles. The van der Waals surface area contributed by atoms with E-state index in [1.165, 1.54) is 24.5 Å². The highest BCUT2D eigenvalue weighted by Crippen LogP contribution is 2.22. The van der Waals surface area contributed by atoms with Crippen molar-refractivity contribution < 1.29 is 4.39 Å². The van der Waals surface area contributed by atoms with Gasteiger partial charge in [0.25, 0.3) is 0 Å². The maximum absolute atomic E-state index is 13.2. The normalized spacial score (nSPS) is 20.5. The van der Waals surface area contributed by atoms with E-state index in [1.807, 2.05) is 12.1 Å². The summed E-state index contributed by atoms with van der Waals surface area (Å²) in [5.74, 6) is -0.190. The lowest BCUT2D eigenvalue weighted by Gasteiger charge is -2.24. The van der Waals surface area contributed by atoms with Crippen molar-refractivity contribution in [1.29, 1.82) is 0 Å². The molecule has 18 heavy (non-hydrogen) atoms. The first kappa shape index (κ1) is 14.0. The predicted molar refractivity (Wildman–Crippen MR) is 76.1 cm³/mol. The maximum atomic E-state index is 13.2. The second-order valence-electron chi connectivity index (χ2n) is 4.82. The minimum atomic E-state index is -0.190. The average Bonchev–Trinajstić information content (AvgIpc) is 2.79. The van der Waals surface area contributed by atoms with E-state index in [4.69, 9.17) is 0 Å². The molecule has 4 heteroatoms. The Balaban J connectivity index is 1.96. The molecule has 0 spiro atoms. The van der Waals surface area contributed by atoms with Gasteiger partial charge in [-0.1, -0.05) is 13.0 Å². The molecule has 1 aromatic rings. The molecule has 100 valence electrons. The minimum absolute atomic E-state index is 0.190. The van der Waals surface area contributed by atoms with Gasteiger partial charge in [-0.05, 0) is 59.6 Å². The van der Waals surface area contributed by atoms with Crippen LogP contribution < -0.4 is 5.32 Å². The average molecular weight is 315 g/mol. The summed E-state index contributed by atoms with van der Waals surface area (Å²) < 4.78 is 13.7.